The Balaban J connectivity index is 2.25. The third-order valence-electron chi connectivity index (χ3n) is 3.01. The average molecular weight is 413 g/mol. The number of nitrogens with one attached hydrogen (secondary N) is 1. The van der Waals surface area contributed by atoms with Gasteiger partial charge in [-0.3, -0.25) is 4.79 Å². The summed E-state index contributed by atoms with van der Waals surface area (Å²) in [5.74, 6) is 0. The highest BCUT2D eigenvalue weighted by molar-refractivity contribution is 9.10. The Hall–Kier alpha value is -1.40. The second kappa shape index (κ2) is 7.04. The first-order valence-corrected chi connectivity index (χ1v) is 8.00. The molecule has 1 aromatic heterocycles. The molecule has 0 saturated carbocycles. The zero-order valence-corrected chi connectivity index (χ0v) is 14.7. The fourth-order valence-electron chi connectivity index (χ4n) is 1.91. The van der Waals surface area contributed by atoms with Crippen LogP contribution in [0.15, 0.2) is 56.9 Å². The van der Waals surface area contributed by atoms with E-state index in [9.17, 15) is 4.79 Å². The van der Waals surface area contributed by atoms with Gasteiger partial charge in [0.1, 0.15) is 4.47 Å². The molecule has 0 aliphatic heterocycles. The van der Waals surface area contributed by atoms with E-state index in [0.29, 0.717) is 16.7 Å². The topological polar surface area (TPSA) is 46.9 Å². The monoisotopic (exact) mass is 411 g/mol. The molecule has 0 bridgehead atoms. The van der Waals surface area contributed by atoms with E-state index in [1.807, 2.05) is 31.2 Å². The van der Waals surface area contributed by atoms with Crippen molar-refractivity contribution in [3.05, 3.63) is 68.0 Å². The van der Waals surface area contributed by atoms with Crippen LogP contribution in [0.4, 0.5) is 5.69 Å². The third-order valence-corrected chi connectivity index (χ3v) is 4.27. The van der Waals surface area contributed by atoms with E-state index in [1.165, 1.54) is 4.68 Å². The largest absolute Gasteiger partial charge is 0.376 e. The van der Waals surface area contributed by atoms with E-state index in [1.54, 1.807) is 12.3 Å². The van der Waals surface area contributed by atoms with E-state index in [-0.39, 0.29) is 11.6 Å². The minimum atomic E-state index is -0.179. The Kier molecular flexibility index (Phi) is 5.36. The summed E-state index contributed by atoms with van der Waals surface area (Å²) in [6.07, 6.45) is 3.28. The van der Waals surface area contributed by atoms with Gasteiger partial charge in [-0.25, -0.2) is 4.68 Å². The molecule has 110 valence electrons. The number of hydrogen-bond donors (Lipinski definition) is 1. The zero-order chi connectivity index (χ0) is 15.4. The standard InChI is InChI=1S/C15H15Br2N3O/c1-3-7-20-15(21)14(17)13(9-18-20)19-10(2)11-5-4-6-12(16)8-11/h3-6,8-10,19H,1,7H2,2H3. The first-order valence-electron chi connectivity index (χ1n) is 6.41. The summed E-state index contributed by atoms with van der Waals surface area (Å²) in [5, 5.41) is 7.42. The molecule has 2 aromatic rings. The van der Waals surface area contributed by atoms with Crippen LogP contribution in [0.2, 0.25) is 0 Å². The molecule has 0 aliphatic carbocycles. The van der Waals surface area contributed by atoms with E-state index in [0.717, 1.165) is 10.0 Å². The molecule has 0 aliphatic rings. The lowest BCUT2D eigenvalue weighted by Gasteiger charge is -2.17. The van der Waals surface area contributed by atoms with Crippen molar-refractivity contribution in [2.45, 2.75) is 19.5 Å². The van der Waals surface area contributed by atoms with Gasteiger partial charge in [0.25, 0.3) is 5.56 Å². The highest BCUT2D eigenvalue weighted by Gasteiger charge is 2.12. The maximum absolute atomic E-state index is 12.1. The van der Waals surface area contributed by atoms with Gasteiger partial charge >= 0.3 is 0 Å². The van der Waals surface area contributed by atoms with Gasteiger partial charge in [-0.15, -0.1) is 6.58 Å². The molecule has 0 fully saturated rings. The summed E-state index contributed by atoms with van der Waals surface area (Å²) in [5.41, 5.74) is 1.61. The number of nitrogens with zero attached hydrogens (tertiary/aromatic N) is 2. The Morgan fingerprint density at radius 3 is 2.90 bits per heavy atom. The van der Waals surface area contributed by atoms with Crippen molar-refractivity contribution >= 4 is 37.5 Å². The number of rotatable bonds is 5. The SMILES string of the molecule is C=CCn1ncc(NC(C)c2cccc(Br)c2)c(Br)c1=O. The van der Waals surface area contributed by atoms with Gasteiger partial charge in [-0.05, 0) is 40.5 Å². The van der Waals surface area contributed by atoms with Gasteiger partial charge in [-0.1, -0.05) is 34.1 Å². The van der Waals surface area contributed by atoms with Crippen molar-refractivity contribution in [3.63, 3.8) is 0 Å². The molecule has 1 atom stereocenters. The molecular formula is C15H15Br2N3O. The average Bonchev–Trinajstić information content (AvgIpc) is 2.47. The molecule has 0 amide bonds. The summed E-state index contributed by atoms with van der Waals surface area (Å²) in [6.45, 7) is 6.03. The fourth-order valence-corrected chi connectivity index (χ4v) is 2.75. The highest BCUT2D eigenvalue weighted by atomic mass is 79.9. The van der Waals surface area contributed by atoms with Crippen molar-refractivity contribution < 1.29 is 0 Å². The first kappa shape index (κ1) is 16.0. The molecule has 21 heavy (non-hydrogen) atoms. The van der Waals surface area contributed by atoms with Crippen molar-refractivity contribution in [2.75, 3.05) is 5.32 Å². The van der Waals surface area contributed by atoms with Crippen LogP contribution in [0.5, 0.6) is 0 Å². The smallest absolute Gasteiger partial charge is 0.283 e. The molecular weight excluding hydrogens is 398 g/mol. The van der Waals surface area contributed by atoms with E-state index < -0.39 is 0 Å². The van der Waals surface area contributed by atoms with Crippen molar-refractivity contribution in [1.29, 1.82) is 0 Å². The van der Waals surface area contributed by atoms with Gasteiger partial charge in [0.15, 0.2) is 0 Å². The Labute approximate surface area is 140 Å². The van der Waals surface area contributed by atoms with Crippen LogP contribution in [0.25, 0.3) is 0 Å². The molecule has 0 spiro atoms. The Morgan fingerprint density at radius 2 is 2.24 bits per heavy atom. The van der Waals surface area contributed by atoms with Gasteiger partial charge in [0.2, 0.25) is 0 Å². The van der Waals surface area contributed by atoms with E-state index in [4.69, 9.17) is 0 Å². The minimum Gasteiger partial charge on any atom is -0.376 e. The van der Waals surface area contributed by atoms with Crippen LogP contribution in [0.1, 0.15) is 18.5 Å². The quantitative estimate of drug-likeness (QED) is 0.751. The number of anilines is 1. The van der Waals surface area contributed by atoms with Crippen LogP contribution in [0.3, 0.4) is 0 Å². The molecule has 1 unspecified atom stereocenters. The Morgan fingerprint density at radius 1 is 1.48 bits per heavy atom. The summed E-state index contributed by atoms with van der Waals surface area (Å²) < 4.78 is 2.85. The zero-order valence-electron chi connectivity index (χ0n) is 11.5. The van der Waals surface area contributed by atoms with Crippen LogP contribution >= 0.6 is 31.9 Å². The predicted octanol–water partition coefficient (Wildman–Crippen LogP) is 4.13. The second-order valence-electron chi connectivity index (χ2n) is 4.57. The number of allylic oxidation sites excluding steroid dienone is 1. The second-order valence-corrected chi connectivity index (χ2v) is 6.28. The van der Waals surface area contributed by atoms with Crippen molar-refractivity contribution in [1.82, 2.24) is 9.78 Å². The fraction of sp³-hybridized carbons (Fsp3) is 0.200. The molecule has 0 saturated heterocycles. The molecule has 2 rings (SSSR count). The summed E-state index contributed by atoms with van der Waals surface area (Å²) >= 11 is 6.79. The van der Waals surface area contributed by atoms with Gasteiger partial charge in [-0.2, -0.15) is 5.10 Å². The predicted molar refractivity (Wildman–Crippen MR) is 92.6 cm³/mol. The lowest BCUT2D eigenvalue weighted by molar-refractivity contribution is 0.648. The maximum Gasteiger partial charge on any atom is 0.283 e. The van der Waals surface area contributed by atoms with Gasteiger partial charge in [0, 0.05) is 10.5 Å². The summed E-state index contributed by atoms with van der Waals surface area (Å²) in [6, 6.07) is 8.08. The number of halogens is 2. The van der Waals surface area contributed by atoms with E-state index in [2.05, 4.69) is 48.9 Å². The van der Waals surface area contributed by atoms with Gasteiger partial charge in [0.05, 0.1) is 18.4 Å². The van der Waals surface area contributed by atoms with Crippen LogP contribution in [-0.2, 0) is 6.54 Å². The lowest BCUT2D eigenvalue weighted by Crippen LogP contribution is -2.24. The van der Waals surface area contributed by atoms with Crippen molar-refractivity contribution in [2.24, 2.45) is 0 Å². The maximum atomic E-state index is 12.1. The summed E-state index contributed by atoms with van der Waals surface area (Å²) in [4.78, 5) is 12.1. The molecule has 0 radical (unpaired) electrons. The van der Waals surface area contributed by atoms with E-state index >= 15 is 0 Å². The molecule has 6 heteroatoms. The first-order chi connectivity index (χ1) is 10.0. The molecule has 4 nitrogen and oxygen atoms in total. The van der Waals surface area contributed by atoms with Crippen LogP contribution < -0.4 is 10.9 Å². The lowest BCUT2D eigenvalue weighted by atomic mass is 10.1. The normalized spacial score (nSPS) is 12.0. The highest BCUT2D eigenvalue weighted by Crippen LogP contribution is 2.24. The Bertz CT molecular complexity index is 712. The molecule has 1 N–H and O–H groups in total. The van der Waals surface area contributed by atoms with Crippen LogP contribution in [-0.4, -0.2) is 9.78 Å². The molecule has 1 aromatic carbocycles. The number of hydrogen-bond acceptors (Lipinski definition) is 3. The third kappa shape index (κ3) is 3.83. The van der Waals surface area contributed by atoms with Crippen LogP contribution in [0, 0.1) is 0 Å². The molecule has 1 heterocycles. The van der Waals surface area contributed by atoms with Gasteiger partial charge < -0.3 is 5.32 Å². The number of aromatic nitrogens is 2. The number of benzene rings is 1. The summed E-state index contributed by atoms with van der Waals surface area (Å²) in [7, 11) is 0. The minimum absolute atomic E-state index is 0.0512. The van der Waals surface area contributed by atoms with Crippen molar-refractivity contribution in [3.8, 4) is 0 Å².